The van der Waals surface area contributed by atoms with Crippen molar-refractivity contribution in [3.8, 4) is 0 Å². The van der Waals surface area contributed by atoms with Crippen LogP contribution in [0.1, 0.15) is 17.0 Å². The highest BCUT2D eigenvalue weighted by Crippen LogP contribution is 2.26. The Bertz CT molecular complexity index is 918. The number of benzene rings is 2. The quantitative estimate of drug-likeness (QED) is 0.540. The van der Waals surface area contributed by atoms with Crippen molar-refractivity contribution in [2.75, 3.05) is 13.7 Å². The number of nitrogens with zero attached hydrogens (tertiary/aromatic N) is 3. The third-order valence-electron chi connectivity index (χ3n) is 4.01. The minimum Gasteiger partial charge on any atom is -0.375 e. The Hall–Kier alpha value is -2.35. The molecular formula is C20H21ClN4O2S. The molecule has 0 unspecified atom stereocenters. The Kier molecular flexibility index (Phi) is 7.47. The van der Waals surface area contributed by atoms with Gasteiger partial charge in [-0.2, -0.15) is 0 Å². The number of nitrogens with one attached hydrogen (secondary N) is 1. The number of hydrogen-bond donors (Lipinski definition) is 1. The molecule has 3 rings (SSSR count). The fourth-order valence-corrected chi connectivity index (χ4v) is 3.84. The van der Waals surface area contributed by atoms with Gasteiger partial charge in [-0.15, -0.1) is 10.2 Å². The lowest BCUT2D eigenvalue weighted by Gasteiger charge is -2.11. The van der Waals surface area contributed by atoms with E-state index >= 15 is 0 Å². The Morgan fingerprint density at radius 1 is 1.14 bits per heavy atom. The van der Waals surface area contributed by atoms with Crippen molar-refractivity contribution in [1.82, 2.24) is 20.1 Å². The van der Waals surface area contributed by atoms with Gasteiger partial charge in [-0.25, -0.2) is 0 Å². The number of amides is 1. The third-order valence-corrected chi connectivity index (χ3v) is 5.39. The van der Waals surface area contributed by atoms with E-state index in [-0.39, 0.29) is 19.1 Å². The van der Waals surface area contributed by atoms with Crippen molar-refractivity contribution >= 4 is 29.3 Å². The summed E-state index contributed by atoms with van der Waals surface area (Å²) in [5.41, 5.74) is 2.17. The molecule has 0 aliphatic heterocycles. The van der Waals surface area contributed by atoms with Gasteiger partial charge in [0.25, 0.3) is 0 Å². The number of ether oxygens (including phenoxy) is 1. The van der Waals surface area contributed by atoms with Gasteiger partial charge in [0.2, 0.25) is 5.91 Å². The second-order valence-corrected chi connectivity index (χ2v) is 7.41. The van der Waals surface area contributed by atoms with E-state index in [2.05, 4.69) is 27.6 Å². The lowest BCUT2D eigenvalue weighted by molar-refractivity contribution is -0.124. The molecule has 0 saturated heterocycles. The normalized spacial score (nSPS) is 10.8. The minimum atomic E-state index is -0.193. The average Bonchev–Trinajstić information content (AvgIpc) is 3.08. The number of carbonyl (C=O) groups is 1. The molecule has 1 aromatic heterocycles. The van der Waals surface area contributed by atoms with Crippen molar-refractivity contribution in [1.29, 1.82) is 0 Å². The SMILES string of the molecule is COCC(=O)NCc1nnc(SCc2ccccc2Cl)n1Cc1ccccc1. The predicted octanol–water partition coefficient (Wildman–Crippen LogP) is 3.53. The van der Waals surface area contributed by atoms with Gasteiger partial charge in [0, 0.05) is 17.9 Å². The van der Waals surface area contributed by atoms with Crippen LogP contribution in [-0.4, -0.2) is 34.4 Å². The van der Waals surface area contributed by atoms with Gasteiger partial charge in [0.05, 0.1) is 13.1 Å². The van der Waals surface area contributed by atoms with E-state index in [9.17, 15) is 4.79 Å². The molecule has 1 amide bonds. The first-order valence-corrected chi connectivity index (χ1v) is 10.1. The molecule has 0 saturated carbocycles. The monoisotopic (exact) mass is 416 g/mol. The van der Waals surface area contributed by atoms with Gasteiger partial charge < -0.3 is 14.6 Å². The summed E-state index contributed by atoms with van der Waals surface area (Å²) in [4.78, 5) is 11.7. The molecule has 1 heterocycles. The van der Waals surface area contributed by atoms with E-state index in [4.69, 9.17) is 16.3 Å². The van der Waals surface area contributed by atoms with E-state index in [0.717, 1.165) is 21.3 Å². The summed E-state index contributed by atoms with van der Waals surface area (Å²) < 4.78 is 6.87. The molecule has 2 aromatic carbocycles. The fourth-order valence-electron chi connectivity index (χ4n) is 2.60. The number of rotatable bonds is 9. The lowest BCUT2D eigenvalue weighted by atomic mass is 10.2. The van der Waals surface area contributed by atoms with Crippen LogP contribution in [0.15, 0.2) is 59.8 Å². The first-order chi connectivity index (χ1) is 13.7. The number of thioether (sulfide) groups is 1. The largest absolute Gasteiger partial charge is 0.375 e. The lowest BCUT2D eigenvalue weighted by Crippen LogP contribution is -2.28. The summed E-state index contributed by atoms with van der Waals surface area (Å²) in [7, 11) is 1.49. The molecule has 3 aromatic rings. The molecule has 8 heteroatoms. The molecule has 6 nitrogen and oxygen atoms in total. The van der Waals surface area contributed by atoms with Crippen LogP contribution in [0, 0.1) is 0 Å². The van der Waals surface area contributed by atoms with Gasteiger partial charge in [-0.1, -0.05) is 71.9 Å². The van der Waals surface area contributed by atoms with Crippen LogP contribution in [0.5, 0.6) is 0 Å². The zero-order valence-electron chi connectivity index (χ0n) is 15.5. The summed E-state index contributed by atoms with van der Waals surface area (Å²) in [6.07, 6.45) is 0. The van der Waals surface area contributed by atoms with Crippen LogP contribution in [0.2, 0.25) is 5.02 Å². The van der Waals surface area contributed by atoms with Crippen LogP contribution in [0.3, 0.4) is 0 Å². The van der Waals surface area contributed by atoms with E-state index < -0.39 is 0 Å². The van der Waals surface area contributed by atoms with Crippen LogP contribution >= 0.6 is 23.4 Å². The fraction of sp³-hybridized carbons (Fsp3) is 0.250. The molecule has 28 heavy (non-hydrogen) atoms. The highest BCUT2D eigenvalue weighted by atomic mass is 35.5. The molecule has 0 aliphatic rings. The molecule has 0 fully saturated rings. The Labute approximate surface area is 173 Å². The number of halogens is 1. The first-order valence-electron chi connectivity index (χ1n) is 8.75. The summed E-state index contributed by atoms with van der Waals surface area (Å²) in [5, 5.41) is 12.9. The number of methoxy groups -OCH3 is 1. The molecule has 0 atom stereocenters. The Morgan fingerprint density at radius 3 is 2.64 bits per heavy atom. The first kappa shape index (κ1) is 20.4. The average molecular weight is 417 g/mol. The number of hydrogen-bond acceptors (Lipinski definition) is 5. The number of carbonyl (C=O) groups excluding carboxylic acids is 1. The van der Waals surface area contributed by atoms with Crippen LogP contribution in [0.25, 0.3) is 0 Å². The van der Waals surface area contributed by atoms with Gasteiger partial charge in [0.15, 0.2) is 11.0 Å². The smallest absolute Gasteiger partial charge is 0.246 e. The molecule has 146 valence electrons. The van der Waals surface area contributed by atoms with Crippen molar-refractivity contribution in [2.45, 2.75) is 24.0 Å². The van der Waals surface area contributed by atoms with Crippen molar-refractivity contribution in [2.24, 2.45) is 0 Å². The van der Waals surface area contributed by atoms with Crippen molar-refractivity contribution < 1.29 is 9.53 Å². The van der Waals surface area contributed by atoms with Gasteiger partial charge >= 0.3 is 0 Å². The van der Waals surface area contributed by atoms with E-state index in [1.165, 1.54) is 7.11 Å². The topological polar surface area (TPSA) is 69.0 Å². The van der Waals surface area contributed by atoms with Crippen LogP contribution in [0.4, 0.5) is 0 Å². The van der Waals surface area contributed by atoms with Gasteiger partial charge in [-0.05, 0) is 17.2 Å². The van der Waals surface area contributed by atoms with Gasteiger partial charge in [0.1, 0.15) is 6.61 Å². The summed E-state index contributed by atoms with van der Waals surface area (Å²) in [5.74, 6) is 1.18. The van der Waals surface area contributed by atoms with E-state index in [1.807, 2.05) is 47.0 Å². The zero-order valence-corrected chi connectivity index (χ0v) is 17.0. The maximum atomic E-state index is 11.7. The van der Waals surface area contributed by atoms with E-state index in [0.29, 0.717) is 18.1 Å². The molecule has 0 radical (unpaired) electrons. The molecule has 0 spiro atoms. The zero-order chi connectivity index (χ0) is 19.8. The summed E-state index contributed by atoms with van der Waals surface area (Å²) in [6.45, 7) is 0.920. The highest BCUT2D eigenvalue weighted by Gasteiger charge is 2.15. The Morgan fingerprint density at radius 2 is 1.89 bits per heavy atom. The Balaban J connectivity index is 1.78. The molecular weight excluding hydrogens is 396 g/mol. The summed E-state index contributed by atoms with van der Waals surface area (Å²) >= 11 is 7.83. The number of aromatic nitrogens is 3. The van der Waals surface area contributed by atoms with Crippen molar-refractivity contribution in [3.05, 3.63) is 76.6 Å². The molecule has 0 bridgehead atoms. The van der Waals surface area contributed by atoms with Crippen molar-refractivity contribution in [3.63, 3.8) is 0 Å². The third kappa shape index (κ3) is 5.58. The summed E-state index contributed by atoms with van der Waals surface area (Å²) in [6, 6.07) is 17.8. The predicted molar refractivity (Wildman–Crippen MR) is 110 cm³/mol. The molecule has 1 N–H and O–H groups in total. The highest BCUT2D eigenvalue weighted by molar-refractivity contribution is 7.98. The maximum absolute atomic E-state index is 11.7. The standard InChI is InChI=1S/C20H21ClN4O2S/c1-27-13-19(26)22-11-18-23-24-20(25(18)12-15-7-3-2-4-8-15)28-14-16-9-5-6-10-17(16)21/h2-10H,11-14H2,1H3,(H,22,26). The minimum absolute atomic E-state index is 0.0148. The van der Waals surface area contributed by atoms with E-state index in [1.54, 1.807) is 11.8 Å². The molecule has 0 aliphatic carbocycles. The second kappa shape index (κ2) is 10.3. The maximum Gasteiger partial charge on any atom is 0.246 e. The van der Waals surface area contributed by atoms with Crippen LogP contribution in [-0.2, 0) is 28.4 Å². The van der Waals surface area contributed by atoms with Gasteiger partial charge in [-0.3, -0.25) is 4.79 Å². The second-order valence-electron chi connectivity index (χ2n) is 6.06. The van der Waals surface area contributed by atoms with Crippen LogP contribution < -0.4 is 5.32 Å².